The van der Waals surface area contributed by atoms with Crippen LogP contribution in [0.2, 0.25) is 0 Å². The third-order valence-electron chi connectivity index (χ3n) is 1.68. The van der Waals surface area contributed by atoms with Crippen molar-refractivity contribution in [3.63, 3.8) is 0 Å². The predicted octanol–water partition coefficient (Wildman–Crippen LogP) is 2.00. The van der Waals surface area contributed by atoms with E-state index in [-0.39, 0.29) is 0 Å². The second-order valence-corrected chi connectivity index (χ2v) is 2.56. The standard InChI is InChI=1S/C10H12N2O/c1-3-13-10-7-5-4-6-9(10)12(2)8-11/h4-7H,3H2,1-2H3. The van der Waals surface area contributed by atoms with Crippen molar-refractivity contribution in [2.24, 2.45) is 0 Å². The van der Waals surface area contributed by atoms with Gasteiger partial charge in [0.2, 0.25) is 0 Å². The lowest BCUT2D eigenvalue weighted by atomic mass is 10.3. The van der Waals surface area contributed by atoms with Gasteiger partial charge in [-0.1, -0.05) is 12.1 Å². The fourth-order valence-corrected chi connectivity index (χ4v) is 1.07. The molecular weight excluding hydrogens is 164 g/mol. The number of para-hydroxylation sites is 2. The quantitative estimate of drug-likeness (QED) is 0.522. The molecule has 0 N–H and O–H groups in total. The Balaban J connectivity index is 2.98. The molecule has 0 aliphatic heterocycles. The van der Waals surface area contributed by atoms with Crippen LogP contribution in [0.4, 0.5) is 5.69 Å². The summed E-state index contributed by atoms with van der Waals surface area (Å²) in [7, 11) is 1.71. The maximum Gasteiger partial charge on any atom is 0.184 e. The highest BCUT2D eigenvalue weighted by Crippen LogP contribution is 2.26. The number of nitrogens with zero attached hydrogens (tertiary/aromatic N) is 2. The summed E-state index contributed by atoms with van der Waals surface area (Å²) in [5.74, 6) is 0.744. The number of rotatable bonds is 3. The molecule has 0 amide bonds. The van der Waals surface area contributed by atoms with Crippen molar-refractivity contribution >= 4 is 5.69 Å². The molecule has 1 aromatic rings. The summed E-state index contributed by atoms with van der Waals surface area (Å²) in [6.45, 7) is 2.53. The summed E-state index contributed by atoms with van der Waals surface area (Å²) in [5.41, 5.74) is 0.798. The fourth-order valence-electron chi connectivity index (χ4n) is 1.07. The first-order valence-corrected chi connectivity index (χ1v) is 4.15. The molecule has 0 bridgehead atoms. The number of anilines is 1. The fraction of sp³-hybridized carbons (Fsp3) is 0.300. The van der Waals surface area contributed by atoms with Crippen LogP contribution in [0.5, 0.6) is 5.75 Å². The Morgan fingerprint density at radius 3 is 2.77 bits per heavy atom. The topological polar surface area (TPSA) is 36.3 Å². The monoisotopic (exact) mass is 176 g/mol. The van der Waals surface area contributed by atoms with Crippen LogP contribution in [-0.2, 0) is 0 Å². The first kappa shape index (κ1) is 9.40. The molecule has 3 heteroatoms. The van der Waals surface area contributed by atoms with Gasteiger partial charge in [0, 0.05) is 7.05 Å². The minimum absolute atomic E-state index is 0.607. The van der Waals surface area contributed by atoms with Crippen molar-refractivity contribution in [1.29, 1.82) is 5.26 Å². The molecule has 0 heterocycles. The molecule has 0 unspecified atom stereocenters. The number of ether oxygens (including phenoxy) is 1. The molecule has 0 spiro atoms. The van der Waals surface area contributed by atoms with E-state index >= 15 is 0 Å². The smallest absolute Gasteiger partial charge is 0.184 e. The first-order valence-electron chi connectivity index (χ1n) is 4.15. The molecule has 0 aromatic heterocycles. The van der Waals surface area contributed by atoms with Gasteiger partial charge in [-0.3, -0.25) is 4.90 Å². The molecule has 0 saturated heterocycles. The summed E-state index contributed by atoms with van der Waals surface area (Å²) in [6.07, 6.45) is 2.03. The molecule has 1 rings (SSSR count). The highest BCUT2D eigenvalue weighted by Gasteiger charge is 2.05. The van der Waals surface area contributed by atoms with Gasteiger partial charge in [0.05, 0.1) is 12.3 Å². The SMILES string of the molecule is CCOc1ccccc1N(C)C#N. The van der Waals surface area contributed by atoms with Gasteiger partial charge in [-0.15, -0.1) is 0 Å². The van der Waals surface area contributed by atoms with E-state index in [0.717, 1.165) is 11.4 Å². The zero-order valence-corrected chi connectivity index (χ0v) is 7.82. The van der Waals surface area contributed by atoms with Gasteiger partial charge < -0.3 is 4.74 Å². The Morgan fingerprint density at radius 2 is 2.15 bits per heavy atom. The van der Waals surface area contributed by atoms with Crippen LogP contribution in [0.15, 0.2) is 24.3 Å². The Morgan fingerprint density at radius 1 is 1.46 bits per heavy atom. The number of nitriles is 1. The summed E-state index contributed by atoms with van der Waals surface area (Å²) in [4.78, 5) is 1.48. The van der Waals surface area contributed by atoms with E-state index in [1.165, 1.54) is 4.90 Å². The van der Waals surface area contributed by atoms with Crippen molar-refractivity contribution in [1.82, 2.24) is 0 Å². The maximum absolute atomic E-state index is 8.70. The normalized spacial score (nSPS) is 9.00. The molecule has 0 aliphatic rings. The van der Waals surface area contributed by atoms with Crippen LogP contribution in [0.1, 0.15) is 6.92 Å². The van der Waals surface area contributed by atoms with Gasteiger partial charge in [-0.25, -0.2) is 0 Å². The summed E-state index contributed by atoms with van der Waals surface area (Å²) in [5, 5.41) is 8.70. The highest BCUT2D eigenvalue weighted by atomic mass is 16.5. The maximum atomic E-state index is 8.70. The van der Waals surface area contributed by atoms with Crippen molar-refractivity contribution < 1.29 is 4.74 Å². The largest absolute Gasteiger partial charge is 0.492 e. The van der Waals surface area contributed by atoms with Crippen LogP contribution in [0.3, 0.4) is 0 Å². The van der Waals surface area contributed by atoms with E-state index in [0.29, 0.717) is 6.61 Å². The molecule has 13 heavy (non-hydrogen) atoms. The van der Waals surface area contributed by atoms with Crippen LogP contribution < -0.4 is 9.64 Å². The van der Waals surface area contributed by atoms with Crippen LogP contribution in [0.25, 0.3) is 0 Å². The minimum atomic E-state index is 0.607. The zero-order chi connectivity index (χ0) is 9.68. The van der Waals surface area contributed by atoms with E-state index in [9.17, 15) is 0 Å². The molecule has 0 radical (unpaired) electrons. The van der Waals surface area contributed by atoms with Crippen molar-refractivity contribution in [3.05, 3.63) is 24.3 Å². The van der Waals surface area contributed by atoms with E-state index in [1.54, 1.807) is 7.05 Å². The van der Waals surface area contributed by atoms with Gasteiger partial charge >= 0.3 is 0 Å². The Labute approximate surface area is 78.2 Å². The van der Waals surface area contributed by atoms with E-state index in [4.69, 9.17) is 10.00 Å². The van der Waals surface area contributed by atoms with Crippen molar-refractivity contribution in [3.8, 4) is 11.9 Å². The summed E-state index contributed by atoms with van der Waals surface area (Å²) >= 11 is 0. The lowest BCUT2D eigenvalue weighted by Gasteiger charge is -2.13. The predicted molar refractivity (Wildman–Crippen MR) is 51.6 cm³/mol. The second-order valence-electron chi connectivity index (χ2n) is 2.56. The number of hydrogen-bond donors (Lipinski definition) is 0. The lowest BCUT2D eigenvalue weighted by Crippen LogP contribution is -2.09. The van der Waals surface area contributed by atoms with E-state index < -0.39 is 0 Å². The average molecular weight is 176 g/mol. The summed E-state index contributed by atoms with van der Waals surface area (Å²) in [6, 6.07) is 7.48. The van der Waals surface area contributed by atoms with Crippen LogP contribution in [0, 0.1) is 11.5 Å². The molecule has 3 nitrogen and oxygen atoms in total. The molecule has 0 aliphatic carbocycles. The van der Waals surface area contributed by atoms with Gasteiger partial charge in [-0.2, -0.15) is 5.26 Å². The highest BCUT2D eigenvalue weighted by molar-refractivity contribution is 5.60. The number of benzene rings is 1. The van der Waals surface area contributed by atoms with Crippen LogP contribution >= 0.6 is 0 Å². The molecule has 1 aromatic carbocycles. The molecule has 0 saturated carbocycles. The van der Waals surface area contributed by atoms with E-state index in [1.807, 2.05) is 37.4 Å². The van der Waals surface area contributed by atoms with Crippen molar-refractivity contribution in [2.75, 3.05) is 18.6 Å². The molecular formula is C10H12N2O. The van der Waals surface area contributed by atoms with Gasteiger partial charge in [0.25, 0.3) is 0 Å². The van der Waals surface area contributed by atoms with Crippen LogP contribution in [-0.4, -0.2) is 13.7 Å². The van der Waals surface area contributed by atoms with Crippen molar-refractivity contribution in [2.45, 2.75) is 6.92 Å². The average Bonchev–Trinajstić information content (AvgIpc) is 2.18. The lowest BCUT2D eigenvalue weighted by molar-refractivity contribution is 0.341. The Bertz CT molecular complexity index is 317. The van der Waals surface area contributed by atoms with Gasteiger partial charge in [0.15, 0.2) is 6.19 Å². The minimum Gasteiger partial charge on any atom is -0.492 e. The number of hydrogen-bond acceptors (Lipinski definition) is 3. The second kappa shape index (κ2) is 4.36. The first-order chi connectivity index (χ1) is 6.29. The van der Waals surface area contributed by atoms with Gasteiger partial charge in [-0.05, 0) is 19.1 Å². The molecule has 0 atom stereocenters. The molecule has 68 valence electrons. The van der Waals surface area contributed by atoms with E-state index in [2.05, 4.69) is 0 Å². The summed E-state index contributed by atoms with van der Waals surface area (Å²) < 4.78 is 5.37. The van der Waals surface area contributed by atoms with Gasteiger partial charge in [0.1, 0.15) is 5.75 Å². The molecule has 0 fully saturated rings. The third kappa shape index (κ3) is 2.12. The zero-order valence-electron chi connectivity index (χ0n) is 7.82. The Kier molecular flexibility index (Phi) is 3.15. The third-order valence-corrected chi connectivity index (χ3v) is 1.68. The Hall–Kier alpha value is -1.69.